The van der Waals surface area contributed by atoms with E-state index in [1.807, 2.05) is 6.07 Å². The lowest BCUT2D eigenvalue weighted by Gasteiger charge is -2.10. The third-order valence-electron chi connectivity index (χ3n) is 3.07. The highest BCUT2D eigenvalue weighted by atomic mass is 16.5. The van der Waals surface area contributed by atoms with E-state index >= 15 is 0 Å². The van der Waals surface area contributed by atoms with E-state index in [0.717, 1.165) is 24.8 Å². The van der Waals surface area contributed by atoms with Crippen molar-refractivity contribution in [2.45, 2.75) is 58.4 Å². The Balaban J connectivity index is 1.80. The van der Waals surface area contributed by atoms with Crippen LogP contribution in [0.2, 0.25) is 0 Å². The molecule has 0 aromatic carbocycles. The van der Waals surface area contributed by atoms with Gasteiger partial charge < -0.3 is 14.5 Å². The van der Waals surface area contributed by atoms with Crippen molar-refractivity contribution in [2.75, 3.05) is 0 Å². The van der Waals surface area contributed by atoms with Crippen LogP contribution in [0, 0.1) is 0 Å². The third-order valence-corrected chi connectivity index (χ3v) is 3.07. The molecule has 1 aromatic rings. The van der Waals surface area contributed by atoms with Crippen molar-refractivity contribution in [3.63, 3.8) is 0 Å². The topological polar surface area (TPSA) is 34.4 Å². The SMILES string of the molecule is CCC(C)OCc1occc1CNC1CC1. The molecule has 3 nitrogen and oxygen atoms in total. The maximum absolute atomic E-state index is 5.68. The average Bonchev–Trinajstić information content (AvgIpc) is 3.02. The zero-order valence-corrected chi connectivity index (χ0v) is 10.2. The second-order valence-electron chi connectivity index (χ2n) is 4.55. The van der Waals surface area contributed by atoms with Gasteiger partial charge in [-0.3, -0.25) is 0 Å². The maximum atomic E-state index is 5.68. The van der Waals surface area contributed by atoms with Crippen molar-refractivity contribution >= 4 is 0 Å². The van der Waals surface area contributed by atoms with Crippen molar-refractivity contribution < 1.29 is 9.15 Å². The van der Waals surface area contributed by atoms with E-state index in [9.17, 15) is 0 Å². The summed E-state index contributed by atoms with van der Waals surface area (Å²) in [6, 6.07) is 2.77. The largest absolute Gasteiger partial charge is 0.467 e. The molecule has 1 aliphatic rings. The summed E-state index contributed by atoms with van der Waals surface area (Å²) in [5, 5.41) is 3.49. The lowest BCUT2D eigenvalue weighted by molar-refractivity contribution is 0.0400. The van der Waals surface area contributed by atoms with Crippen molar-refractivity contribution in [1.82, 2.24) is 5.32 Å². The van der Waals surface area contributed by atoms with Gasteiger partial charge in [-0.15, -0.1) is 0 Å². The van der Waals surface area contributed by atoms with Gasteiger partial charge in [0.05, 0.1) is 12.4 Å². The standard InChI is InChI=1S/C13H21NO2/c1-3-10(2)16-9-13-11(6-7-15-13)8-14-12-4-5-12/h6-7,10,12,14H,3-5,8-9H2,1-2H3. The Morgan fingerprint density at radius 1 is 1.56 bits per heavy atom. The molecule has 1 atom stereocenters. The molecule has 1 N–H and O–H groups in total. The first-order valence-corrected chi connectivity index (χ1v) is 6.19. The molecular formula is C13H21NO2. The Morgan fingerprint density at radius 3 is 3.06 bits per heavy atom. The number of ether oxygens (including phenoxy) is 1. The van der Waals surface area contributed by atoms with Gasteiger partial charge in [0.2, 0.25) is 0 Å². The van der Waals surface area contributed by atoms with Crippen molar-refractivity contribution in [1.29, 1.82) is 0 Å². The minimum absolute atomic E-state index is 0.300. The molecule has 16 heavy (non-hydrogen) atoms. The Morgan fingerprint density at radius 2 is 2.38 bits per heavy atom. The average molecular weight is 223 g/mol. The van der Waals surface area contributed by atoms with Gasteiger partial charge in [-0.2, -0.15) is 0 Å². The van der Waals surface area contributed by atoms with E-state index in [2.05, 4.69) is 19.2 Å². The van der Waals surface area contributed by atoms with Crippen LogP contribution >= 0.6 is 0 Å². The molecule has 0 saturated heterocycles. The lowest BCUT2D eigenvalue weighted by Crippen LogP contribution is -2.16. The minimum atomic E-state index is 0.300. The molecule has 3 heteroatoms. The molecule has 1 saturated carbocycles. The Labute approximate surface area is 97.2 Å². The number of hydrogen-bond acceptors (Lipinski definition) is 3. The van der Waals surface area contributed by atoms with E-state index in [1.165, 1.54) is 18.4 Å². The molecule has 0 amide bonds. The number of hydrogen-bond donors (Lipinski definition) is 1. The minimum Gasteiger partial charge on any atom is -0.467 e. The van der Waals surface area contributed by atoms with Gasteiger partial charge in [0.1, 0.15) is 12.4 Å². The van der Waals surface area contributed by atoms with Gasteiger partial charge in [0, 0.05) is 18.2 Å². The van der Waals surface area contributed by atoms with Gasteiger partial charge in [0.15, 0.2) is 0 Å². The van der Waals surface area contributed by atoms with E-state index in [1.54, 1.807) is 6.26 Å². The summed E-state index contributed by atoms with van der Waals surface area (Å²) in [5.41, 5.74) is 1.23. The molecule has 0 radical (unpaired) electrons. The summed E-state index contributed by atoms with van der Waals surface area (Å²) in [6.07, 6.45) is 5.72. The van der Waals surface area contributed by atoms with Crippen molar-refractivity contribution in [2.24, 2.45) is 0 Å². The monoisotopic (exact) mass is 223 g/mol. The first-order valence-electron chi connectivity index (χ1n) is 6.19. The molecule has 2 rings (SSSR count). The van der Waals surface area contributed by atoms with Crippen LogP contribution in [-0.2, 0) is 17.9 Å². The summed E-state index contributed by atoms with van der Waals surface area (Å²) in [7, 11) is 0. The normalized spacial score (nSPS) is 17.6. The quantitative estimate of drug-likeness (QED) is 0.772. The summed E-state index contributed by atoms with van der Waals surface area (Å²) in [5.74, 6) is 0.966. The van der Waals surface area contributed by atoms with Crippen LogP contribution in [0.3, 0.4) is 0 Å². The van der Waals surface area contributed by atoms with Crippen LogP contribution < -0.4 is 5.32 Å². The van der Waals surface area contributed by atoms with Crippen LogP contribution in [0.25, 0.3) is 0 Å². The summed E-state index contributed by atoms with van der Waals surface area (Å²) >= 11 is 0. The van der Waals surface area contributed by atoms with E-state index < -0.39 is 0 Å². The fourth-order valence-corrected chi connectivity index (χ4v) is 1.53. The fourth-order valence-electron chi connectivity index (χ4n) is 1.53. The summed E-state index contributed by atoms with van der Waals surface area (Å²) in [6.45, 7) is 5.71. The highest BCUT2D eigenvalue weighted by molar-refractivity contribution is 5.16. The second kappa shape index (κ2) is 5.51. The molecule has 1 fully saturated rings. The number of nitrogens with one attached hydrogen (secondary N) is 1. The highest BCUT2D eigenvalue weighted by Gasteiger charge is 2.20. The van der Waals surface area contributed by atoms with Crippen LogP contribution in [0.15, 0.2) is 16.7 Å². The van der Waals surface area contributed by atoms with Gasteiger partial charge in [0.25, 0.3) is 0 Å². The zero-order valence-electron chi connectivity index (χ0n) is 10.2. The third kappa shape index (κ3) is 3.35. The van der Waals surface area contributed by atoms with Crippen LogP contribution in [0.5, 0.6) is 0 Å². The van der Waals surface area contributed by atoms with Gasteiger partial charge in [-0.1, -0.05) is 6.92 Å². The van der Waals surface area contributed by atoms with Crippen LogP contribution in [-0.4, -0.2) is 12.1 Å². The van der Waals surface area contributed by atoms with E-state index in [4.69, 9.17) is 9.15 Å². The predicted octanol–water partition coefficient (Wildman–Crippen LogP) is 2.85. The molecular weight excluding hydrogens is 202 g/mol. The molecule has 90 valence electrons. The van der Waals surface area contributed by atoms with Gasteiger partial charge in [-0.05, 0) is 32.3 Å². The molecule has 0 bridgehead atoms. The smallest absolute Gasteiger partial charge is 0.133 e. The Bertz CT molecular complexity index is 317. The number of furan rings is 1. The Kier molecular flexibility index (Phi) is 4.02. The zero-order chi connectivity index (χ0) is 11.4. The molecule has 1 aromatic heterocycles. The first kappa shape index (κ1) is 11.7. The molecule has 0 spiro atoms. The van der Waals surface area contributed by atoms with Crippen LogP contribution in [0.4, 0.5) is 0 Å². The number of rotatable bonds is 7. The summed E-state index contributed by atoms with van der Waals surface area (Å²) in [4.78, 5) is 0. The summed E-state index contributed by atoms with van der Waals surface area (Å²) < 4.78 is 11.1. The maximum Gasteiger partial charge on any atom is 0.133 e. The van der Waals surface area contributed by atoms with Crippen LogP contribution in [0.1, 0.15) is 44.4 Å². The second-order valence-corrected chi connectivity index (χ2v) is 4.55. The fraction of sp³-hybridized carbons (Fsp3) is 0.692. The van der Waals surface area contributed by atoms with E-state index in [0.29, 0.717) is 12.7 Å². The molecule has 1 heterocycles. The first-order chi connectivity index (χ1) is 7.79. The van der Waals surface area contributed by atoms with Crippen molar-refractivity contribution in [3.8, 4) is 0 Å². The Hall–Kier alpha value is -0.800. The van der Waals surface area contributed by atoms with E-state index in [-0.39, 0.29) is 0 Å². The molecule has 1 unspecified atom stereocenters. The van der Waals surface area contributed by atoms with Crippen molar-refractivity contribution in [3.05, 3.63) is 23.7 Å². The lowest BCUT2D eigenvalue weighted by atomic mass is 10.2. The molecule has 1 aliphatic carbocycles. The van der Waals surface area contributed by atoms with Gasteiger partial charge in [-0.25, -0.2) is 0 Å². The molecule has 0 aliphatic heterocycles. The highest BCUT2D eigenvalue weighted by Crippen LogP contribution is 2.20. The van der Waals surface area contributed by atoms with Gasteiger partial charge >= 0.3 is 0 Å². The predicted molar refractivity (Wildman–Crippen MR) is 63.1 cm³/mol.